The van der Waals surface area contributed by atoms with Crippen molar-refractivity contribution in [1.29, 1.82) is 0 Å². The number of carbonyl (C=O) groups is 1. The molecule has 2 aromatic carbocycles. The predicted molar refractivity (Wildman–Crippen MR) is 87.3 cm³/mol. The number of hydrogen-bond acceptors (Lipinski definition) is 4. The summed E-state index contributed by atoms with van der Waals surface area (Å²) in [6.45, 7) is 1.68. The third-order valence-corrected chi connectivity index (χ3v) is 5.13. The smallest absolute Gasteiger partial charge is 0.310 e. The van der Waals surface area contributed by atoms with E-state index in [-0.39, 0.29) is 17.3 Å². The fourth-order valence-electron chi connectivity index (χ4n) is 1.70. The molecular weight excluding hydrogens is 370 g/mol. The Morgan fingerprint density at radius 2 is 1.91 bits per heavy atom. The van der Waals surface area contributed by atoms with Crippen LogP contribution in [0, 0.1) is 0 Å². The number of rotatable bonds is 5. The van der Waals surface area contributed by atoms with Crippen LogP contribution in [0.4, 0.5) is 5.69 Å². The highest BCUT2D eigenvalue weighted by atomic mass is 79.9. The third kappa shape index (κ3) is 4.08. The first-order valence-electron chi connectivity index (χ1n) is 6.50. The van der Waals surface area contributed by atoms with Crippen LogP contribution in [-0.2, 0) is 14.8 Å². The fraction of sp³-hybridized carbons (Fsp3) is 0.133. The SMILES string of the molecule is CCC(=O)Oc1cccc(NS(=O)(=O)c2ccccc2Br)c1. The molecule has 2 rings (SSSR count). The number of benzene rings is 2. The molecule has 116 valence electrons. The van der Waals surface area contributed by atoms with E-state index in [2.05, 4.69) is 20.7 Å². The van der Waals surface area contributed by atoms with Gasteiger partial charge < -0.3 is 4.74 Å². The van der Waals surface area contributed by atoms with Crippen molar-refractivity contribution in [1.82, 2.24) is 0 Å². The second kappa shape index (κ2) is 6.93. The summed E-state index contributed by atoms with van der Waals surface area (Å²) in [5.74, 6) is -0.0926. The van der Waals surface area contributed by atoms with Gasteiger partial charge in [-0.25, -0.2) is 8.42 Å². The number of halogens is 1. The van der Waals surface area contributed by atoms with Crippen molar-refractivity contribution >= 4 is 37.6 Å². The minimum Gasteiger partial charge on any atom is -0.426 e. The van der Waals surface area contributed by atoms with Crippen molar-refractivity contribution in [2.75, 3.05) is 4.72 Å². The first kappa shape index (κ1) is 16.5. The van der Waals surface area contributed by atoms with Gasteiger partial charge in [-0.1, -0.05) is 25.1 Å². The highest BCUT2D eigenvalue weighted by Crippen LogP contribution is 2.25. The number of sulfonamides is 1. The molecule has 0 spiro atoms. The summed E-state index contributed by atoms with van der Waals surface area (Å²) >= 11 is 3.21. The van der Waals surface area contributed by atoms with Crippen LogP contribution in [0.3, 0.4) is 0 Å². The minimum absolute atomic E-state index is 0.131. The molecule has 0 heterocycles. The minimum atomic E-state index is -3.73. The van der Waals surface area contributed by atoms with Gasteiger partial charge in [0.1, 0.15) is 10.6 Å². The molecule has 0 aromatic heterocycles. The van der Waals surface area contributed by atoms with Gasteiger partial charge >= 0.3 is 5.97 Å². The Morgan fingerprint density at radius 1 is 1.18 bits per heavy atom. The summed E-state index contributed by atoms with van der Waals surface area (Å²) in [5, 5.41) is 0. The average molecular weight is 384 g/mol. The van der Waals surface area contributed by atoms with E-state index < -0.39 is 10.0 Å². The highest BCUT2D eigenvalue weighted by Gasteiger charge is 2.17. The lowest BCUT2D eigenvalue weighted by atomic mass is 10.3. The first-order chi connectivity index (χ1) is 10.4. The van der Waals surface area contributed by atoms with Crippen LogP contribution in [0.15, 0.2) is 57.9 Å². The van der Waals surface area contributed by atoms with Crippen molar-refractivity contribution in [3.63, 3.8) is 0 Å². The molecule has 0 aliphatic carbocycles. The van der Waals surface area contributed by atoms with Gasteiger partial charge in [0.2, 0.25) is 0 Å². The lowest BCUT2D eigenvalue weighted by molar-refractivity contribution is -0.134. The Balaban J connectivity index is 2.25. The van der Waals surface area contributed by atoms with E-state index >= 15 is 0 Å². The molecule has 2 aromatic rings. The zero-order valence-electron chi connectivity index (χ0n) is 11.7. The molecule has 0 saturated heterocycles. The van der Waals surface area contributed by atoms with E-state index in [1.54, 1.807) is 43.3 Å². The molecule has 0 bridgehead atoms. The van der Waals surface area contributed by atoms with Crippen LogP contribution in [0.2, 0.25) is 0 Å². The lowest BCUT2D eigenvalue weighted by Crippen LogP contribution is -2.13. The van der Waals surface area contributed by atoms with Crippen molar-refractivity contribution in [3.05, 3.63) is 53.0 Å². The summed E-state index contributed by atoms with van der Waals surface area (Å²) in [5.41, 5.74) is 0.317. The van der Waals surface area contributed by atoms with E-state index in [1.165, 1.54) is 12.1 Å². The van der Waals surface area contributed by atoms with Crippen LogP contribution in [0.1, 0.15) is 13.3 Å². The highest BCUT2D eigenvalue weighted by molar-refractivity contribution is 9.10. The molecule has 7 heteroatoms. The molecule has 1 N–H and O–H groups in total. The van der Waals surface area contributed by atoms with Gasteiger partial charge in [0.25, 0.3) is 10.0 Å². The third-order valence-electron chi connectivity index (χ3n) is 2.73. The van der Waals surface area contributed by atoms with Crippen LogP contribution >= 0.6 is 15.9 Å². The van der Waals surface area contributed by atoms with E-state index in [0.29, 0.717) is 15.9 Å². The molecule has 0 aliphatic heterocycles. The number of esters is 1. The summed E-state index contributed by atoms with van der Waals surface area (Å²) in [6, 6.07) is 12.7. The fourth-order valence-corrected chi connectivity index (χ4v) is 3.75. The Kier molecular flexibility index (Phi) is 5.20. The number of carbonyl (C=O) groups excluding carboxylic acids is 1. The molecule has 0 radical (unpaired) electrons. The van der Waals surface area contributed by atoms with Crippen LogP contribution < -0.4 is 9.46 Å². The molecule has 22 heavy (non-hydrogen) atoms. The number of hydrogen-bond donors (Lipinski definition) is 1. The molecule has 0 unspecified atom stereocenters. The second-order valence-corrected chi connectivity index (χ2v) is 6.90. The Labute approximate surface area is 137 Å². The maximum atomic E-state index is 12.4. The maximum Gasteiger partial charge on any atom is 0.310 e. The van der Waals surface area contributed by atoms with E-state index in [9.17, 15) is 13.2 Å². The van der Waals surface area contributed by atoms with E-state index in [0.717, 1.165) is 0 Å². The Morgan fingerprint density at radius 3 is 2.59 bits per heavy atom. The normalized spacial score (nSPS) is 11.0. The van der Waals surface area contributed by atoms with Gasteiger partial charge in [-0.05, 0) is 40.2 Å². The summed E-state index contributed by atoms with van der Waals surface area (Å²) < 4.78 is 32.7. The quantitative estimate of drug-likeness (QED) is 0.632. The Hall–Kier alpha value is -1.86. The first-order valence-corrected chi connectivity index (χ1v) is 8.78. The molecule has 0 saturated carbocycles. The van der Waals surface area contributed by atoms with Gasteiger partial charge in [-0.15, -0.1) is 0 Å². The van der Waals surface area contributed by atoms with Gasteiger partial charge in [0.05, 0.1) is 5.69 Å². The van der Waals surface area contributed by atoms with Crippen molar-refractivity contribution in [2.45, 2.75) is 18.2 Å². The van der Waals surface area contributed by atoms with E-state index in [1.807, 2.05) is 0 Å². The number of ether oxygens (including phenoxy) is 1. The lowest BCUT2D eigenvalue weighted by Gasteiger charge is -2.10. The Bertz CT molecular complexity index is 790. The van der Waals surface area contributed by atoms with Crippen molar-refractivity contribution in [3.8, 4) is 5.75 Å². The second-order valence-electron chi connectivity index (χ2n) is 4.39. The largest absolute Gasteiger partial charge is 0.426 e. The average Bonchev–Trinajstić information content (AvgIpc) is 2.47. The zero-order chi connectivity index (χ0) is 16.2. The van der Waals surface area contributed by atoms with Crippen molar-refractivity contribution < 1.29 is 17.9 Å². The van der Waals surface area contributed by atoms with Crippen LogP contribution in [0.25, 0.3) is 0 Å². The maximum absolute atomic E-state index is 12.4. The molecular formula is C15H14BrNO4S. The monoisotopic (exact) mass is 383 g/mol. The summed E-state index contributed by atoms with van der Waals surface area (Å²) in [6.07, 6.45) is 0.243. The van der Waals surface area contributed by atoms with E-state index in [4.69, 9.17) is 4.74 Å². The summed E-state index contributed by atoms with van der Waals surface area (Å²) in [7, 11) is -3.73. The zero-order valence-corrected chi connectivity index (χ0v) is 14.1. The molecule has 0 amide bonds. The predicted octanol–water partition coefficient (Wildman–Crippen LogP) is 3.57. The topological polar surface area (TPSA) is 72.5 Å². The molecule has 5 nitrogen and oxygen atoms in total. The number of nitrogens with one attached hydrogen (secondary N) is 1. The van der Waals surface area contributed by atoms with Gasteiger partial charge in [0, 0.05) is 17.0 Å². The molecule has 0 fully saturated rings. The van der Waals surface area contributed by atoms with Crippen molar-refractivity contribution in [2.24, 2.45) is 0 Å². The summed E-state index contributed by atoms with van der Waals surface area (Å²) in [4.78, 5) is 11.4. The van der Waals surface area contributed by atoms with Gasteiger partial charge in [0.15, 0.2) is 0 Å². The molecule has 0 aliphatic rings. The van der Waals surface area contributed by atoms with Crippen LogP contribution in [0.5, 0.6) is 5.75 Å². The van der Waals surface area contributed by atoms with Gasteiger partial charge in [-0.3, -0.25) is 9.52 Å². The molecule has 0 atom stereocenters. The van der Waals surface area contributed by atoms with Crippen LogP contribution in [-0.4, -0.2) is 14.4 Å². The standard InChI is InChI=1S/C15H14BrNO4S/c1-2-15(18)21-12-7-5-6-11(10-12)17-22(19,20)14-9-4-3-8-13(14)16/h3-10,17H,2H2,1H3. The number of anilines is 1. The van der Waals surface area contributed by atoms with Gasteiger partial charge in [-0.2, -0.15) is 0 Å².